The van der Waals surface area contributed by atoms with Crippen LogP contribution in [0.5, 0.6) is 0 Å². The van der Waals surface area contributed by atoms with Crippen molar-refractivity contribution in [3.63, 3.8) is 0 Å². The van der Waals surface area contributed by atoms with Crippen molar-refractivity contribution < 1.29 is 4.52 Å². The largest absolute Gasteiger partial charge is 0.364 e. The Morgan fingerprint density at radius 3 is 2.43 bits per heavy atom. The number of aryl methyl sites for hydroxylation is 1. The molecule has 1 unspecified atom stereocenters. The number of benzene rings is 1. The summed E-state index contributed by atoms with van der Waals surface area (Å²) in [5.74, 6) is 1.01. The van der Waals surface area contributed by atoms with Crippen molar-refractivity contribution in [2.24, 2.45) is 4.99 Å². The van der Waals surface area contributed by atoms with Gasteiger partial charge in [-0.25, -0.2) is 0 Å². The Kier molecular flexibility index (Phi) is 10.1. The molecule has 1 fully saturated rings. The predicted molar refractivity (Wildman–Crippen MR) is 132 cm³/mol. The Hall–Kier alpha value is -1.65. The van der Waals surface area contributed by atoms with Crippen molar-refractivity contribution in [2.45, 2.75) is 26.4 Å². The van der Waals surface area contributed by atoms with Crippen LogP contribution in [0.3, 0.4) is 0 Å². The number of likely N-dealkylation sites (N-methyl/N-ethyl adjacent to an activating group) is 1. The van der Waals surface area contributed by atoms with Crippen LogP contribution < -0.4 is 5.32 Å². The molecule has 1 atom stereocenters. The molecule has 1 aliphatic heterocycles. The molecule has 8 heteroatoms. The molecule has 30 heavy (non-hydrogen) atoms. The summed E-state index contributed by atoms with van der Waals surface area (Å²) >= 11 is 0. The molecule has 3 rings (SSSR count). The van der Waals surface area contributed by atoms with Gasteiger partial charge in [0.25, 0.3) is 0 Å². The topological polar surface area (TPSA) is 60.1 Å². The Morgan fingerprint density at radius 2 is 1.87 bits per heavy atom. The van der Waals surface area contributed by atoms with Crippen LogP contribution in [0.2, 0.25) is 0 Å². The van der Waals surface area contributed by atoms with Crippen LogP contribution in [0.15, 0.2) is 46.1 Å². The molecule has 2 aromatic rings. The number of aliphatic imine (C=N–C) groups is 1. The maximum atomic E-state index is 5.00. The third-order valence-electron chi connectivity index (χ3n) is 5.38. The van der Waals surface area contributed by atoms with E-state index in [1.54, 1.807) is 6.26 Å². The first kappa shape index (κ1) is 24.6. The highest BCUT2D eigenvalue weighted by Crippen LogP contribution is 2.19. The first-order valence-electron chi connectivity index (χ1n) is 10.4. The molecule has 0 spiro atoms. The number of aromatic nitrogens is 1. The fourth-order valence-electron chi connectivity index (χ4n) is 3.62. The van der Waals surface area contributed by atoms with Crippen molar-refractivity contribution in [3.05, 3.63) is 53.4 Å². The molecule has 7 nitrogen and oxygen atoms in total. The minimum absolute atomic E-state index is 0. The number of nitrogens with one attached hydrogen (secondary N) is 1. The van der Waals surface area contributed by atoms with Gasteiger partial charge in [0.05, 0.1) is 18.3 Å². The normalized spacial score (nSPS) is 16.4. The molecule has 0 bridgehead atoms. The van der Waals surface area contributed by atoms with E-state index in [0.29, 0.717) is 0 Å². The average molecular weight is 526 g/mol. The molecule has 1 saturated heterocycles. The molecule has 2 heterocycles. The van der Waals surface area contributed by atoms with Crippen LogP contribution in [-0.4, -0.2) is 79.2 Å². The monoisotopic (exact) mass is 526 g/mol. The maximum absolute atomic E-state index is 5.00. The molecule has 0 amide bonds. The van der Waals surface area contributed by atoms with Gasteiger partial charge in [0.1, 0.15) is 6.26 Å². The summed E-state index contributed by atoms with van der Waals surface area (Å²) in [7, 11) is 4.24. The van der Waals surface area contributed by atoms with E-state index in [1.165, 1.54) is 11.1 Å². The van der Waals surface area contributed by atoms with Gasteiger partial charge < -0.3 is 19.6 Å². The van der Waals surface area contributed by atoms with E-state index in [2.05, 4.69) is 77.4 Å². The smallest absolute Gasteiger partial charge is 0.194 e. The fourth-order valence-corrected chi connectivity index (χ4v) is 3.62. The van der Waals surface area contributed by atoms with E-state index in [-0.39, 0.29) is 30.0 Å². The second-order valence-corrected chi connectivity index (χ2v) is 7.84. The van der Waals surface area contributed by atoms with Gasteiger partial charge in [0.15, 0.2) is 5.96 Å². The Bertz CT molecular complexity index is 754. The van der Waals surface area contributed by atoms with E-state index in [1.807, 2.05) is 6.07 Å². The van der Waals surface area contributed by atoms with E-state index in [0.717, 1.165) is 57.5 Å². The van der Waals surface area contributed by atoms with Crippen LogP contribution in [0.1, 0.15) is 29.8 Å². The number of piperazine rings is 1. The van der Waals surface area contributed by atoms with E-state index in [4.69, 9.17) is 9.52 Å². The lowest BCUT2D eigenvalue weighted by atomic mass is 10.0. The Balaban J connectivity index is 0.00000320. The maximum Gasteiger partial charge on any atom is 0.194 e. The van der Waals surface area contributed by atoms with E-state index in [9.17, 15) is 0 Å². The summed E-state index contributed by atoms with van der Waals surface area (Å²) < 4.78 is 4.94. The lowest BCUT2D eigenvalue weighted by molar-refractivity contribution is 0.168. The molecule has 166 valence electrons. The molecule has 1 aromatic heterocycles. The molecule has 0 radical (unpaired) electrons. The summed E-state index contributed by atoms with van der Waals surface area (Å²) in [5.41, 5.74) is 3.58. The van der Waals surface area contributed by atoms with Crippen molar-refractivity contribution in [3.8, 4) is 0 Å². The summed E-state index contributed by atoms with van der Waals surface area (Å²) in [6.07, 6.45) is 1.64. The highest BCUT2D eigenvalue weighted by atomic mass is 127. The minimum Gasteiger partial charge on any atom is -0.364 e. The second kappa shape index (κ2) is 12.3. The number of hydrogen-bond acceptors (Lipinski definition) is 5. The zero-order chi connectivity index (χ0) is 20.6. The average Bonchev–Trinajstić information content (AvgIpc) is 3.22. The number of hydrogen-bond donors (Lipinski definition) is 1. The molecule has 1 N–H and O–H groups in total. The van der Waals surface area contributed by atoms with Gasteiger partial charge in [-0.3, -0.25) is 9.89 Å². The first-order chi connectivity index (χ1) is 14.1. The summed E-state index contributed by atoms with van der Waals surface area (Å²) in [4.78, 5) is 12.0. The molecular weight excluding hydrogens is 491 g/mol. The third-order valence-corrected chi connectivity index (χ3v) is 5.38. The van der Waals surface area contributed by atoms with E-state index < -0.39 is 0 Å². The predicted octanol–water partition coefficient (Wildman–Crippen LogP) is 2.99. The van der Waals surface area contributed by atoms with Gasteiger partial charge in [-0.15, -0.1) is 24.0 Å². The zero-order valence-electron chi connectivity index (χ0n) is 18.5. The third kappa shape index (κ3) is 6.95. The molecular formula is C22H35IN6O. The van der Waals surface area contributed by atoms with Gasteiger partial charge in [-0.1, -0.05) is 35.0 Å². The van der Waals surface area contributed by atoms with E-state index >= 15 is 0 Å². The van der Waals surface area contributed by atoms with Gasteiger partial charge in [0, 0.05) is 45.3 Å². The van der Waals surface area contributed by atoms with Crippen LogP contribution in [0, 0.1) is 6.92 Å². The van der Waals surface area contributed by atoms with Crippen molar-refractivity contribution >= 4 is 29.9 Å². The van der Waals surface area contributed by atoms with Crippen molar-refractivity contribution in [2.75, 3.05) is 53.4 Å². The zero-order valence-corrected chi connectivity index (χ0v) is 20.9. The number of halogens is 1. The first-order valence-corrected chi connectivity index (χ1v) is 10.4. The Labute approximate surface area is 197 Å². The van der Waals surface area contributed by atoms with Crippen LogP contribution in [0.4, 0.5) is 0 Å². The fraction of sp³-hybridized carbons (Fsp3) is 0.545. The van der Waals surface area contributed by atoms with Crippen LogP contribution in [-0.2, 0) is 6.54 Å². The molecule has 1 aromatic carbocycles. The molecule has 0 saturated carbocycles. The molecule has 1 aliphatic rings. The minimum atomic E-state index is 0. The standard InChI is InChI=1S/C22H34N6O.HI/c1-5-23-22(24-16-21(26(3)4)19-8-6-18(2)7-9-19)28-13-11-27(12-14-28)17-20-10-15-29-25-20;/h6-10,15,21H,5,11-14,16-17H2,1-4H3,(H,23,24);1H. The van der Waals surface area contributed by atoms with Gasteiger partial charge >= 0.3 is 0 Å². The lowest BCUT2D eigenvalue weighted by Crippen LogP contribution is -2.52. The summed E-state index contributed by atoms with van der Waals surface area (Å²) in [5, 5.41) is 7.50. The van der Waals surface area contributed by atoms with Gasteiger partial charge in [0.2, 0.25) is 0 Å². The van der Waals surface area contributed by atoms with Crippen LogP contribution >= 0.6 is 24.0 Å². The van der Waals surface area contributed by atoms with Gasteiger partial charge in [-0.2, -0.15) is 0 Å². The van der Waals surface area contributed by atoms with Gasteiger partial charge in [-0.05, 0) is 33.5 Å². The van der Waals surface area contributed by atoms with Crippen LogP contribution in [0.25, 0.3) is 0 Å². The molecule has 0 aliphatic carbocycles. The summed E-state index contributed by atoms with van der Waals surface area (Å²) in [6, 6.07) is 11.0. The quantitative estimate of drug-likeness (QED) is 0.340. The highest BCUT2D eigenvalue weighted by molar-refractivity contribution is 14.0. The van der Waals surface area contributed by atoms with Crippen molar-refractivity contribution in [1.29, 1.82) is 0 Å². The van der Waals surface area contributed by atoms with Crippen molar-refractivity contribution in [1.82, 2.24) is 25.2 Å². The highest BCUT2D eigenvalue weighted by Gasteiger charge is 2.21. The lowest BCUT2D eigenvalue weighted by Gasteiger charge is -2.36. The number of guanidine groups is 1. The SMILES string of the molecule is CCNC(=NCC(c1ccc(C)cc1)N(C)C)N1CCN(Cc2ccon2)CC1.I. The number of nitrogens with zero attached hydrogens (tertiary/aromatic N) is 5. The Morgan fingerprint density at radius 1 is 1.17 bits per heavy atom. The number of rotatable bonds is 7. The second-order valence-electron chi connectivity index (χ2n) is 7.84. The summed E-state index contributed by atoms with van der Waals surface area (Å²) in [6.45, 7) is 10.6.